The normalized spacial score (nSPS) is 22.0. The molecule has 0 amide bonds. The summed E-state index contributed by atoms with van der Waals surface area (Å²) in [5.74, 6) is 0.470. The molecule has 0 atom stereocenters. The number of hydrogen-bond donors (Lipinski definition) is 1. The second-order valence-corrected chi connectivity index (χ2v) is 8.55. The highest BCUT2D eigenvalue weighted by molar-refractivity contribution is 14.1. The first-order valence-electron chi connectivity index (χ1n) is 7.77. The molecule has 116 valence electrons. The van der Waals surface area contributed by atoms with Crippen LogP contribution < -0.4 is 0 Å². The van der Waals surface area contributed by atoms with Crippen LogP contribution in [0.5, 0.6) is 5.75 Å². The standard InChI is InChI=1S/C16H22I2N2O/c17-13-9-12(16(21)15(18)10-13)11-19-7-3-14(4-8-19)20-5-1-2-6-20/h9-10,14,21H,1-8,11H2. The van der Waals surface area contributed by atoms with Crippen molar-refractivity contribution in [2.24, 2.45) is 0 Å². The molecule has 2 heterocycles. The second kappa shape index (κ2) is 7.31. The van der Waals surface area contributed by atoms with Crippen LogP contribution in [0.4, 0.5) is 0 Å². The number of hydrogen-bond acceptors (Lipinski definition) is 3. The van der Waals surface area contributed by atoms with Gasteiger partial charge in [0.05, 0.1) is 3.57 Å². The Morgan fingerprint density at radius 2 is 1.71 bits per heavy atom. The van der Waals surface area contributed by atoms with E-state index in [2.05, 4.69) is 61.0 Å². The number of rotatable bonds is 3. The van der Waals surface area contributed by atoms with E-state index in [9.17, 15) is 5.11 Å². The third-order valence-corrected chi connectivity index (χ3v) is 6.16. The van der Waals surface area contributed by atoms with Gasteiger partial charge in [-0.05, 0) is 109 Å². The average Bonchev–Trinajstić information content (AvgIpc) is 2.99. The Bertz CT molecular complexity index is 495. The van der Waals surface area contributed by atoms with Crippen LogP contribution in [0, 0.1) is 7.14 Å². The lowest BCUT2D eigenvalue weighted by molar-refractivity contribution is 0.122. The predicted octanol–water partition coefficient (Wildman–Crippen LogP) is 3.66. The molecule has 1 N–H and O–H groups in total. The minimum atomic E-state index is 0.470. The van der Waals surface area contributed by atoms with E-state index in [1.165, 1.54) is 42.3 Å². The summed E-state index contributed by atoms with van der Waals surface area (Å²) in [6.07, 6.45) is 5.33. The van der Waals surface area contributed by atoms with E-state index in [1.807, 2.05) is 6.07 Å². The number of likely N-dealkylation sites (tertiary alicyclic amines) is 2. The molecule has 2 aliphatic rings. The Morgan fingerprint density at radius 3 is 2.38 bits per heavy atom. The highest BCUT2D eigenvalue weighted by Crippen LogP contribution is 2.29. The van der Waals surface area contributed by atoms with Gasteiger partial charge in [-0.2, -0.15) is 0 Å². The van der Waals surface area contributed by atoms with Gasteiger partial charge < -0.3 is 10.0 Å². The summed E-state index contributed by atoms with van der Waals surface area (Å²) in [5, 5.41) is 10.2. The van der Waals surface area contributed by atoms with Crippen molar-refractivity contribution in [2.75, 3.05) is 26.2 Å². The van der Waals surface area contributed by atoms with Crippen LogP contribution in [0.1, 0.15) is 31.2 Å². The number of halogens is 2. The fourth-order valence-electron chi connectivity index (χ4n) is 3.53. The van der Waals surface area contributed by atoms with Gasteiger partial charge in [0.1, 0.15) is 5.75 Å². The van der Waals surface area contributed by atoms with Gasteiger partial charge in [-0.15, -0.1) is 0 Å². The third kappa shape index (κ3) is 4.03. The average molecular weight is 512 g/mol. The van der Waals surface area contributed by atoms with Gasteiger partial charge in [-0.3, -0.25) is 4.90 Å². The molecule has 21 heavy (non-hydrogen) atoms. The Balaban J connectivity index is 1.58. The van der Waals surface area contributed by atoms with Crippen LogP contribution in [-0.2, 0) is 6.54 Å². The van der Waals surface area contributed by atoms with Crippen molar-refractivity contribution < 1.29 is 5.11 Å². The lowest BCUT2D eigenvalue weighted by atomic mass is 10.0. The zero-order valence-electron chi connectivity index (χ0n) is 12.2. The minimum absolute atomic E-state index is 0.470. The Labute approximate surface area is 154 Å². The van der Waals surface area contributed by atoms with Crippen molar-refractivity contribution in [1.82, 2.24) is 9.80 Å². The molecule has 0 unspecified atom stereocenters. The van der Waals surface area contributed by atoms with E-state index >= 15 is 0 Å². The molecule has 3 nitrogen and oxygen atoms in total. The summed E-state index contributed by atoms with van der Waals surface area (Å²) < 4.78 is 2.17. The molecule has 0 aliphatic carbocycles. The third-order valence-electron chi connectivity index (χ3n) is 4.72. The van der Waals surface area contributed by atoms with E-state index in [0.717, 1.165) is 34.8 Å². The van der Waals surface area contributed by atoms with Crippen LogP contribution in [0.15, 0.2) is 12.1 Å². The molecule has 0 aromatic heterocycles. The zero-order valence-corrected chi connectivity index (χ0v) is 16.5. The topological polar surface area (TPSA) is 26.7 Å². The van der Waals surface area contributed by atoms with Gasteiger partial charge >= 0.3 is 0 Å². The molecular weight excluding hydrogens is 490 g/mol. The van der Waals surface area contributed by atoms with E-state index in [0.29, 0.717) is 5.75 Å². The summed E-state index contributed by atoms with van der Waals surface area (Å²) in [7, 11) is 0. The predicted molar refractivity (Wildman–Crippen MR) is 103 cm³/mol. The van der Waals surface area contributed by atoms with Gasteiger partial charge in [0, 0.05) is 21.7 Å². The first kappa shape index (κ1) is 16.3. The molecule has 2 saturated heterocycles. The SMILES string of the molecule is Oc1c(I)cc(I)cc1CN1CCC(N2CCCC2)CC1. The van der Waals surface area contributed by atoms with Crippen molar-refractivity contribution in [3.63, 3.8) is 0 Å². The van der Waals surface area contributed by atoms with Crippen molar-refractivity contribution >= 4 is 45.2 Å². The molecule has 2 fully saturated rings. The van der Waals surface area contributed by atoms with Gasteiger partial charge in [-0.25, -0.2) is 0 Å². The quantitative estimate of drug-likeness (QED) is 0.627. The number of piperidine rings is 1. The van der Waals surface area contributed by atoms with E-state index in [-0.39, 0.29) is 0 Å². The molecule has 2 aliphatic heterocycles. The minimum Gasteiger partial charge on any atom is -0.507 e. The number of benzene rings is 1. The summed E-state index contributed by atoms with van der Waals surface area (Å²) >= 11 is 4.55. The number of phenolic OH excluding ortho intramolecular Hbond substituents is 1. The van der Waals surface area contributed by atoms with Crippen molar-refractivity contribution in [1.29, 1.82) is 0 Å². The first-order chi connectivity index (χ1) is 10.1. The van der Waals surface area contributed by atoms with Gasteiger partial charge in [-0.1, -0.05) is 0 Å². The maximum absolute atomic E-state index is 10.2. The zero-order chi connectivity index (χ0) is 14.8. The van der Waals surface area contributed by atoms with Crippen LogP contribution >= 0.6 is 45.2 Å². The smallest absolute Gasteiger partial charge is 0.133 e. The summed E-state index contributed by atoms with van der Waals surface area (Å²) in [6.45, 7) is 5.80. The molecular formula is C16H22I2N2O. The van der Waals surface area contributed by atoms with E-state index in [1.54, 1.807) is 0 Å². The first-order valence-corrected chi connectivity index (χ1v) is 9.92. The number of phenols is 1. The monoisotopic (exact) mass is 512 g/mol. The molecule has 0 bridgehead atoms. The number of nitrogens with zero attached hydrogens (tertiary/aromatic N) is 2. The van der Waals surface area contributed by atoms with Crippen LogP contribution in [0.25, 0.3) is 0 Å². The molecule has 5 heteroatoms. The lowest BCUT2D eigenvalue weighted by Gasteiger charge is -2.36. The maximum atomic E-state index is 10.2. The van der Waals surface area contributed by atoms with Crippen LogP contribution in [-0.4, -0.2) is 47.1 Å². The highest BCUT2D eigenvalue weighted by atomic mass is 127. The summed E-state index contributed by atoms with van der Waals surface area (Å²) in [4.78, 5) is 5.18. The van der Waals surface area contributed by atoms with Crippen LogP contribution in [0.2, 0.25) is 0 Å². The Hall–Kier alpha value is 0.400. The van der Waals surface area contributed by atoms with Gasteiger partial charge in [0.15, 0.2) is 0 Å². The number of aromatic hydroxyl groups is 1. The van der Waals surface area contributed by atoms with Crippen molar-refractivity contribution in [2.45, 2.75) is 38.3 Å². The van der Waals surface area contributed by atoms with Gasteiger partial charge in [0.2, 0.25) is 0 Å². The largest absolute Gasteiger partial charge is 0.507 e. The lowest BCUT2D eigenvalue weighted by Crippen LogP contribution is -2.43. The fourth-order valence-corrected chi connectivity index (χ4v) is 5.50. The van der Waals surface area contributed by atoms with E-state index < -0.39 is 0 Å². The van der Waals surface area contributed by atoms with E-state index in [4.69, 9.17) is 0 Å². The molecule has 1 aromatic carbocycles. The fraction of sp³-hybridized carbons (Fsp3) is 0.625. The molecule has 1 aromatic rings. The molecule has 0 saturated carbocycles. The van der Waals surface area contributed by atoms with Crippen molar-refractivity contribution in [3.8, 4) is 5.75 Å². The second-order valence-electron chi connectivity index (χ2n) is 6.15. The van der Waals surface area contributed by atoms with Crippen LogP contribution in [0.3, 0.4) is 0 Å². The Kier molecular flexibility index (Phi) is 5.66. The molecule has 0 spiro atoms. The molecule has 0 radical (unpaired) electrons. The van der Waals surface area contributed by atoms with Gasteiger partial charge in [0.25, 0.3) is 0 Å². The maximum Gasteiger partial charge on any atom is 0.133 e. The van der Waals surface area contributed by atoms with Crippen molar-refractivity contribution in [3.05, 3.63) is 24.8 Å². The summed E-state index contributed by atoms with van der Waals surface area (Å²) in [5.41, 5.74) is 1.07. The Morgan fingerprint density at radius 1 is 1.05 bits per heavy atom. The summed E-state index contributed by atoms with van der Waals surface area (Å²) in [6, 6.07) is 4.94. The molecule has 3 rings (SSSR count). The highest BCUT2D eigenvalue weighted by Gasteiger charge is 2.26.